The monoisotopic (exact) mass is 549 g/mol. The summed E-state index contributed by atoms with van der Waals surface area (Å²) in [6, 6.07) is 13.7. The number of thiophene rings is 1. The maximum atomic E-state index is 13.0. The summed E-state index contributed by atoms with van der Waals surface area (Å²) < 4.78 is 16.2. The van der Waals surface area contributed by atoms with Gasteiger partial charge in [0, 0.05) is 16.0 Å². The number of fused-ring (bicyclic) bond motifs is 1. The third-order valence-electron chi connectivity index (χ3n) is 6.19. The van der Waals surface area contributed by atoms with E-state index in [1.807, 2.05) is 18.2 Å². The number of hydrazone groups is 1. The van der Waals surface area contributed by atoms with Crippen LogP contribution in [-0.2, 0) is 22.4 Å². The molecule has 204 valence electrons. The SMILES string of the molecule is CCOC(=O)c1c(NC(=O)c2ccc(OC(C)C(=O)NN=Cc3ccccc3OC)cc2)sc2c1CCCC2. The first-order valence-corrected chi connectivity index (χ1v) is 13.6. The first kappa shape index (κ1) is 27.8. The highest BCUT2D eigenvalue weighted by Gasteiger charge is 2.27. The van der Waals surface area contributed by atoms with Gasteiger partial charge in [-0.15, -0.1) is 11.3 Å². The molecule has 39 heavy (non-hydrogen) atoms. The molecule has 4 rings (SSSR count). The Labute approximate surface area is 231 Å². The van der Waals surface area contributed by atoms with Crippen LogP contribution in [0, 0.1) is 0 Å². The zero-order valence-electron chi connectivity index (χ0n) is 22.1. The molecule has 10 heteroatoms. The first-order chi connectivity index (χ1) is 18.9. The average molecular weight is 550 g/mol. The molecule has 1 heterocycles. The summed E-state index contributed by atoms with van der Waals surface area (Å²) in [6.45, 7) is 3.63. The minimum absolute atomic E-state index is 0.267. The Morgan fingerprint density at radius 2 is 1.82 bits per heavy atom. The van der Waals surface area contributed by atoms with Crippen LogP contribution in [0.25, 0.3) is 0 Å². The highest BCUT2D eigenvalue weighted by molar-refractivity contribution is 7.17. The lowest BCUT2D eigenvalue weighted by Crippen LogP contribution is -2.33. The zero-order valence-corrected chi connectivity index (χ0v) is 22.9. The molecule has 1 atom stereocenters. The lowest BCUT2D eigenvalue weighted by molar-refractivity contribution is -0.127. The molecule has 0 saturated heterocycles. The third-order valence-corrected chi connectivity index (χ3v) is 7.40. The number of anilines is 1. The van der Waals surface area contributed by atoms with E-state index < -0.39 is 18.0 Å². The summed E-state index contributed by atoms with van der Waals surface area (Å²) in [4.78, 5) is 39.2. The number of amides is 2. The number of hydrogen-bond acceptors (Lipinski definition) is 8. The molecule has 1 aromatic heterocycles. The Hall–Kier alpha value is -4.18. The van der Waals surface area contributed by atoms with Crippen molar-refractivity contribution < 1.29 is 28.6 Å². The Morgan fingerprint density at radius 3 is 2.56 bits per heavy atom. The van der Waals surface area contributed by atoms with E-state index in [-0.39, 0.29) is 12.5 Å². The van der Waals surface area contributed by atoms with Gasteiger partial charge in [-0.05, 0) is 81.5 Å². The number of ether oxygens (including phenoxy) is 3. The van der Waals surface area contributed by atoms with E-state index in [0.717, 1.165) is 41.7 Å². The summed E-state index contributed by atoms with van der Waals surface area (Å²) in [5.41, 5.74) is 5.02. The lowest BCUT2D eigenvalue weighted by Gasteiger charge is -2.13. The molecule has 0 aliphatic heterocycles. The molecular weight excluding hydrogens is 518 g/mol. The predicted octanol–water partition coefficient (Wildman–Crippen LogP) is 4.98. The van der Waals surface area contributed by atoms with Crippen LogP contribution in [0.15, 0.2) is 53.6 Å². The van der Waals surface area contributed by atoms with Gasteiger partial charge in [-0.2, -0.15) is 5.10 Å². The molecule has 0 fully saturated rings. The normalized spacial score (nSPS) is 13.3. The van der Waals surface area contributed by atoms with Gasteiger partial charge in [0.2, 0.25) is 0 Å². The highest BCUT2D eigenvalue weighted by atomic mass is 32.1. The Kier molecular flexibility index (Phi) is 9.32. The van der Waals surface area contributed by atoms with Crippen molar-refractivity contribution in [3.05, 3.63) is 75.7 Å². The van der Waals surface area contributed by atoms with E-state index in [1.165, 1.54) is 17.6 Å². The molecule has 0 saturated carbocycles. The number of nitrogens with zero attached hydrogens (tertiary/aromatic N) is 1. The lowest BCUT2D eigenvalue weighted by atomic mass is 9.95. The van der Waals surface area contributed by atoms with Gasteiger partial charge in [-0.25, -0.2) is 10.2 Å². The molecule has 1 aliphatic rings. The van der Waals surface area contributed by atoms with E-state index in [2.05, 4.69) is 15.8 Å². The van der Waals surface area contributed by atoms with Crippen LogP contribution in [0.2, 0.25) is 0 Å². The zero-order chi connectivity index (χ0) is 27.8. The van der Waals surface area contributed by atoms with Gasteiger partial charge in [-0.3, -0.25) is 9.59 Å². The number of esters is 1. The van der Waals surface area contributed by atoms with Crippen LogP contribution in [-0.4, -0.2) is 43.8 Å². The van der Waals surface area contributed by atoms with E-state index in [1.54, 1.807) is 51.3 Å². The van der Waals surface area contributed by atoms with Gasteiger partial charge >= 0.3 is 5.97 Å². The molecular formula is C29H31N3O6S. The maximum Gasteiger partial charge on any atom is 0.341 e. The van der Waals surface area contributed by atoms with E-state index >= 15 is 0 Å². The van der Waals surface area contributed by atoms with Crippen molar-refractivity contribution in [2.75, 3.05) is 19.0 Å². The van der Waals surface area contributed by atoms with Crippen molar-refractivity contribution >= 4 is 40.3 Å². The van der Waals surface area contributed by atoms with Gasteiger partial charge in [0.25, 0.3) is 11.8 Å². The largest absolute Gasteiger partial charge is 0.496 e. The smallest absolute Gasteiger partial charge is 0.341 e. The number of carbonyl (C=O) groups is 3. The van der Waals surface area contributed by atoms with Crippen LogP contribution >= 0.6 is 11.3 Å². The Morgan fingerprint density at radius 1 is 1.08 bits per heavy atom. The van der Waals surface area contributed by atoms with Crippen LogP contribution in [0.4, 0.5) is 5.00 Å². The molecule has 9 nitrogen and oxygen atoms in total. The predicted molar refractivity (Wildman–Crippen MR) is 150 cm³/mol. The Balaban J connectivity index is 1.36. The van der Waals surface area contributed by atoms with E-state index in [4.69, 9.17) is 14.2 Å². The van der Waals surface area contributed by atoms with Gasteiger partial charge in [-0.1, -0.05) is 12.1 Å². The number of hydrogen-bond donors (Lipinski definition) is 2. The molecule has 0 radical (unpaired) electrons. The third kappa shape index (κ3) is 6.83. The molecule has 3 aromatic rings. The van der Waals surface area contributed by atoms with Crippen molar-refractivity contribution in [2.45, 2.75) is 45.6 Å². The van der Waals surface area contributed by atoms with Crippen molar-refractivity contribution in [3.8, 4) is 11.5 Å². The minimum atomic E-state index is -0.830. The molecule has 2 aromatic carbocycles. The molecule has 2 amide bonds. The minimum Gasteiger partial charge on any atom is -0.496 e. The maximum absolute atomic E-state index is 13.0. The number of para-hydroxylation sites is 1. The van der Waals surface area contributed by atoms with E-state index in [9.17, 15) is 14.4 Å². The summed E-state index contributed by atoms with van der Waals surface area (Å²) in [5.74, 6) is -0.129. The number of nitrogens with one attached hydrogen (secondary N) is 2. The second kappa shape index (κ2) is 13.1. The quantitative estimate of drug-likeness (QED) is 0.209. The number of aryl methyl sites for hydroxylation is 1. The molecule has 0 spiro atoms. The van der Waals surface area contributed by atoms with Crippen molar-refractivity contribution in [2.24, 2.45) is 5.10 Å². The second-order valence-corrected chi connectivity index (χ2v) is 9.96. The molecule has 1 unspecified atom stereocenters. The standard InChI is InChI=1S/C29H31N3O6S/c1-4-37-29(35)25-22-10-6-8-12-24(22)39-28(25)31-27(34)19-13-15-21(16-14-19)38-18(2)26(33)32-30-17-20-9-5-7-11-23(20)36-3/h5,7,9,11,13-18H,4,6,8,10,12H2,1-3H3,(H,31,34)(H,32,33). The van der Waals surface area contributed by atoms with Crippen molar-refractivity contribution in [1.29, 1.82) is 0 Å². The van der Waals surface area contributed by atoms with Crippen LogP contribution in [0.3, 0.4) is 0 Å². The summed E-state index contributed by atoms with van der Waals surface area (Å²) in [6.07, 6.45) is 4.44. The number of rotatable bonds is 10. The number of benzene rings is 2. The number of methoxy groups -OCH3 is 1. The summed E-state index contributed by atoms with van der Waals surface area (Å²) in [7, 11) is 1.56. The fourth-order valence-corrected chi connectivity index (χ4v) is 5.49. The van der Waals surface area contributed by atoms with E-state index in [0.29, 0.717) is 27.6 Å². The highest BCUT2D eigenvalue weighted by Crippen LogP contribution is 2.38. The van der Waals surface area contributed by atoms with Crippen LogP contribution in [0.1, 0.15) is 63.4 Å². The molecule has 1 aliphatic carbocycles. The van der Waals surface area contributed by atoms with Crippen LogP contribution in [0.5, 0.6) is 11.5 Å². The van der Waals surface area contributed by atoms with Crippen LogP contribution < -0.4 is 20.2 Å². The average Bonchev–Trinajstić information content (AvgIpc) is 3.31. The number of carbonyl (C=O) groups excluding carboxylic acids is 3. The second-order valence-electron chi connectivity index (χ2n) is 8.85. The van der Waals surface area contributed by atoms with Crippen molar-refractivity contribution in [1.82, 2.24) is 5.43 Å². The summed E-state index contributed by atoms with van der Waals surface area (Å²) in [5, 5.41) is 7.39. The van der Waals surface area contributed by atoms with Gasteiger partial charge in [0.05, 0.1) is 25.5 Å². The molecule has 2 N–H and O–H groups in total. The topological polar surface area (TPSA) is 115 Å². The van der Waals surface area contributed by atoms with Crippen molar-refractivity contribution in [3.63, 3.8) is 0 Å². The van der Waals surface area contributed by atoms with Gasteiger partial charge in [0.1, 0.15) is 16.5 Å². The molecule has 0 bridgehead atoms. The summed E-state index contributed by atoms with van der Waals surface area (Å²) >= 11 is 1.44. The van der Waals surface area contributed by atoms with Gasteiger partial charge in [0.15, 0.2) is 6.10 Å². The fourth-order valence-electron chi connectivity index (χ4n) is 4.22. The van der Waals surface area contributed by atoms with Gasteiger partial charge < -0.3 is 19.5 Å². The fraction of sp³-hybridized carbons (Fsp3) is 0.310. The first-order valence-electron chi connectivity index (χ1n) is 12.8. The Bertz CT molecular complexity index is 1370.